The van der Waals surface area contributed by atoms with Crippen molar-refractivity contribution in [3.8, 4) is 0 Å². The van der Waals surface area contributed by atoms with E-state index in [1.165, 1.54) is 13.8 Å². The molecule has 18 heavy (non-hydrogen) atoms. The van der Waals surface area contributed by atoms with Crippen LogP contribution in [-0.2, 0) is 23.2 Å². The van der Waals surface area contributed by atoms with E-state index in [1.807, 2.05) is 0 Å². The number of carbonyl (C=O) groups excluding carboxylic acids is 2. The summed E-state index contributed by atoms with van der Waals surface area (Å²) in [5, 5.41) is 4.61. The van der Waals surface area contributed by atoms with Crippen LogP contribution in [0.4, 0.5) is 0 Å². The van der Waals surface area contributed by atoms with E-state index >= 15 is 0 Å². The number of hydrogen-bond acceptors (Lipinski definition) is 5. The van der Waals surface area contributed by atoms with Gasteiger partial charge >= 0.3 is 8.25 Å². The number of amides is 2. The Morgan fingerprint density at radius 2 is 1.33 bits per heavy atom. The second kappa shape index (κ2) is 8.52. The van der Waals surface area contributed by atoms with Crippen molar-refractivity contribution in [1.29, 1.82) is 0 Å². The van der Waals surface area contributed by atoms with Crippen LogP contribution in [0.25, 0.3) is 0 Å². The summed E-state index contributed by atoms with van der Waals surface area (Å²) >= 11 is 0. The summed E-state index contributed by atoms with van der Waals surface area (Å²) in [6.45, 7) is 9.34. The minimum absolute atomic E-state index is 0.269. The molecule has 0 aliphatic rings. The number of nitrogens with one attached hydrogen (secondary N) is 2. The monoisotopic (exact) mass is 275 g/mol. The van der Waals surface area contributed by atoms with Crippen LogP contribution in [0, 0.1) is 0 Å². The number of hydrogen-bond donors (Lipinski definition) is 2. The Balaban J connectivity index is 3.67. The first-order valence-corrected chi connectivity index (χ1v) is 6.04. The SMILES string of the molecule is C=C(C)C(=O)NCO[P+](=O)OCNC(=O)C(=C)C. The van der Waals surface area contributed by atoms with Crippen molar-refractivity contribution in [1.82, 2.24) is 10.6 Å². The molecule has 0 aromatic rings. The fourth-order valence-corrected chi connectivity index (χ4v) is 1.05. The number of carbonyl (C=O) groups is 2. The van der Waals surface area contributed by atoms with E-state index in [0.717, 1.165) is 0 Å². The minimum Gasteiger partial charge on any atom is -0.325 e. The van der Waals surface area contributed by atoms with E-state index in [-0.39, 0.29) is 13.5 Å². The van der Waals surface area contributed by atoms with Crippen LogP contribution in [0.3, 0.4) is 0 Å². The minimum atomic E-state index is -2.42. The lowest BCUT2D eigenvalue weighted by Gasteiger charge is -2.00. The van der Waals surface area contributed by atoms with Gasteiger partial charge in [-0.15, -0.1) is 0 Å². The average Bonchev–Trinajstić information content (AvgIpc) is 2.28. The zero-order chi connectivity index (χ0) is 14.1. The molecule has 2 amide bonds. The highest BCUT2D eigenvalue weighted by Gasteiger charge is 2.20. The summed E-state index contributed by atoms with van der Waals surface area (Å²) in [7, 11) is -2.42. The van der Waals surface area contributed by atoms with Crippen molar-refractivity contribution in [2.45, 2.75) is 13.8 Å². The lowest BCUT2D eigenvalue weighted by Crippen LogP contribution is -2.26. The van der Waals surface area contributed by atoms with Crippen molar-refractivity contribution in [2.75, 3.05) is 13.5 Å². The van der Waals surface area contributed by atoms with Gasteiger partial charge < -0.3 is 10.6 Å². The standard InChI is InChI=1S/C10H15N2O5P/c1-7(2)9(13)11-5-16-18(15)17-6-12-10(14)8(3)4/h1,3,5-6H2,2,4H3,(H-,11,12,13,14)/p+1. The zero-order valence-electron chi connectivity index (χ0n) is 10.3. The van der Waals surface area contributed by atoms with Gasteiger partial charge in [-0.1, -0.05) is 22.2 Å². The fraction of sp³-hybridized carbons (Fsp3) is 0.400. The zero-order valence-corrected chi connectivity index (χ0v) is 11.2. The van der Waals surface area contributed by atoms with Gasteiger partial charge in [-0.25, -0.2) is 0 Å². The molecule has 0 atom stereocenters. The van der Waals surface area contributed by atoms with E-state index in [0.29, 0.717) is 11.1 Å². The predicted molar refractivity (Wildman–Crippen MR) is 65.4 cm³/mol. The molecule has 0 spiro atoms. The van der Waals surface area contributed by atoms with Crippen molar-refractivity contribution in [2.24, 2.45) is 0 Å². The maximum Gasteiger partial charge on any atom is 0.701 e. The third kappa shape index (κ3) is 7.67. The van der Waals surface area contributed by atoms with Crippen molar-refractivity contribution < 1.29 is 23.2 Å². The van der Waals surface area contributed by atoms with Gasteiger partial charge in [0.1, 0.15) is 0 Å². The van der Waals surface area contributed by atoms with Crippen LogP contribution in [0.1, 0.15) is 13.8 Å². The van der Waals surface area contributed by atoms with Crippen molar-refractivity contribution >= 4 is 20.1 Å². The van der Waals surface area contributed by atoms with Crippen LogP contribution in [0.5, 0.6) is 0 Å². The molecule has 0 aromatic heterocycles. The normalized spacial score (nSPS) is 9.44. The molecule has 100 valence electrons. The third-order valence-corrected chi connectivity index (χ3v) is 2.26. The Morgan fingerprint density at radius 3 is 1.61 bits per heavy atom. The Morgan fingerprint density at radius 1 is 1.00 bits per heavy atom. The van der Waals surface area contributed by atoms with E-state index in [9.17, 15) is 14.2 Å². The summed E-state index contributed by atoms with van der Waals surface area (Å²) in [4.78, 5) is 22.0. The van der Waals surface area contributed by atoms with Gasteiger partial charge in [-0.2, -0.15) is 0 Å². The van der Waals surface area contributed by atoms with Gasteiger partial charge in [0.2, 0.25) is 11.8 Å². The highest BCUT2D eigenvalue weighted by molar-refractivity contribution is 7.33. The van der Waals surface area contributed by atoms with E-state index in [1.54, 1.807) is 0 Å². The van der Waals surface area contributed by atoms with Crippen LogP contribution in [0.15, 0.2) is 24.3 Å². The van der Waals surface area contributed by atoms with Crippen LogP contribution in [-0.4, -0.2) is 25.3 Å². The second-order valence-electron chi connectivity index (χ2n) is 3.34. The molecule has 0 fully saturated rings. The molecule has 0 rings (SSSR count). The lowest BCUT2D eigenvalue weighted by atomic mass is 10.3. The van der Waals surface area contributed by atoms with E-state index < -0.39 is 20.1 Å². The molecule has 0 radical (unpaired) electrons. The van der Waals surface area contributed by atoms with Crippen LogP contribution < -0.4 is 10.6 Å². The topological polar surface area (TPSA) is 93.7 Å². The first kappa shape index (κ1) is 16.4. The predicted octanol–water partition coefficient (Wildman–Crippen LogP) is 0.977. The fourth-order valence-electron chi connectivity index (χ4n) is 0.640. The molecule has 0 saturated heterocycles. The summed E-state index contributed by atoms with van der Waals surface area (Å²) in [5.74, 6) is -0.817. The van der Waals surface area contributed by atoms with Crippen molar-refractivity contribution in [3.05, 3.63) is 24.3 Å². The van der Waals surface area contributed by atoms with Gasteiger partial charge in [0.25, 0.3) is 0 Å². The molecule has 0 bridgehead atoms. The molecule has 0 heterocycles. The lowest BCUT2D eigenvalue weighted by molar-refractivity contribution is -0.118. The molecular formula is C10H16N2O5P+. The molecule has 0 unspecified atom stereocenters. The van der Waals surface area contributed by atoms with Gasteiger partial charge in [0, 0.05) is 15.7 Å². The van der Waals surface area contributed by atoms with Crippen molar-refractivity contribution in [3.63, 3.8) is 0 Å². The smallest absolute Gasteiger partial charge is 0.325 e. The quantitative estimate of drug-likeness (QED) is 0.391. The Hall–Kier alpha value is -1.56. The first-order chi connectivity index (χ1) is 8.34. The van der Waals surface area contributed by atoms with E-state index in [4.69, 9.17) is 0 Å². The van der Waals surface area contributed by atoms with Gasteiger partial charge in [0.15, 0.2) is 13.5 Å². The molecule has 0 aliphatic heterocycles. The number of rotatable bonds is 8. The molecule has 7 nitrogen and oxygen atoms in total. The largest absolute Gasteiger partial charge is 0.701 e. The summed E-state index contributed by atoms with van der Waals surface area (Å²) in [5.41, 5.74) is 0.618. The Bertz CT molecular complexity index is 346. The first-order valence-electron chi connectivity index (χ1n) is 4.95. The molecular weight excluding hydrogens is 259 g/mol. The third-order valence-electron chi connectivity index (χ3n) is 1.58. The highest BCUT2D eigenvalue weighted by atomic mass is 31.1. The van der Waals surface area contributed by atoms with Crippen LogP contribution >= 0.6 is 8.25 Å². The van der Waals surface area contributed by atoms with Gasteiger partial charge in [0.05, 0.1) is 0 Å². The Labute approximate surface area is 106 Å². The molecule has 0 aliphatic carbocycles. The summed E-state index contributed by atoms with van der Waals surface area (Å²) in [6.07, 6.45) is 0. The molecule has 8 heteroatoms. The Kier molecular flexibility index (Phi) is 7.78. The van der Waals surface area contributed by atoms with Gasteiger partial charge in [-0.05, 0) is 13.8 Å². The average molecular weight is 275 g/mol. The molecule has 0 aromatic carbocycles. The second-order valence-corrected chi connectivity index (χ2v) is 4.31. The maximum atomic E-state index is 11.1. The summed E-state index contributed by atoms with van der Waals surface area (Å²) in [6, 6.07) is 0. The maximum absolute atomic E-state index is 11.1. The van der Waals surface area contributed by atoms with E-state index in [2.05, 4.69) is 32.8 Å². The molecule has 2 N–H and O–H groups in total. The van der Waals surface area contributed by atoms with Crippen LogP contribution in [0.2, 0.25) is 0 Å². The van der Waals surface area contributed by atoms with Gasteiger partial charge in [-0.3, -0.25) is 9.59 Å². The summed E-state index contributed by atoms with van der Waals surface area (Å²) < 4.78 is 20.4. The highest BCUT2D eigenvalue weighted by Crippen LogP contribution is 2.21. The molecule has 0 saturated carbocycles.